The predicted octanol–water partition coefficient (Wildman–Crippen LogP) is -0.256. The van der Waals surface area contributed by atoms with Gasteiger partial charge in [0.25, 0.3) is 0 Å². The minimum absolute atomic E-state index is 0.101. The Bertz CT molecular complexity index is 189. The van der Waals surface area contributed by atoms with E-state index in [1.807, 2.05) is 11.9 Å². The molecule has 0 bridgehead atoms. The summed E-state index contributed by atoms with van der Waals surface area (Å²) in [4.78, 5) is 6.25. The molecule has 12 heavy (non-hydrogen) atoms. The van der Waals surface area contributed by atoms with Crippen molar-refractivity contribution in [3.63, 3.8) is 0 Å². The highest BCUT2D eigenvalue weighted by Gasteiger charge is 2.34. The van der Waals surface area contributed by atoms with Crippen LogP contribution in [0.15, 0.2) is 4.99 Å². The van der Waals surface area contributed by atoms with Crippen LogP contribution >= 0.6 is 0 Å². The van der Waals surface area contributed by atoms with Gasteiger partial charge in [0, 0.05) is 7.05 Å². The average Bonchev–Trinajstić information content (AvgIpc) is 2.31. The fourth-order valence-corrected chi connectivity index (χ4v) is 1.47. The van der Waals surface area contributed by atoms with E-state index in [4.69, 9.17) is 11.5 Å². The first-order valence-corrected chi connectivity index (χ1v) is 4.34. The summed E-state index contributed by atoms with van der Waals surface area (Å²) in [7, 11) is 1.99. The van der Waals surface area contributed by atoms with Crippen molar-refractivity contribution in [3.05, 3.63) is 0 Å². The summed E-state index contributed by atoms with van der Waals surface area (Å²) in [5.41, 5.74) is 11.2. The van der Waals surface area contributed by atoms with Crippen LogP contribution in [0.4, 0.5) is 0 Å². The molecule has 0 aliphatic carbocycles. The van der Waals surface area contributed by atoms with E-state index in [1.165, 1.54) is 0 Å². The second-order valence-corrected chi connectivity index (χ2v) is 3.62. The molecule has 70 valence electrons. The lowest BCUT2D eigenvalue weighted by molar-refractivity contribution is 0.240. The standard InChI is InChI=1S/C8H18N4/c1-8(4-3-5-9)6-11-7(10)12(8)2/h3-6,9H2,1-2H3,(H2,10,11). The number of likely N-dealkylation sites (N-methyl/N-ethyl adjacent to an activating group) is 1. The molecular weight excluding hydrogens is 152 g/mol. The van der Waals surface area contributed by atoms with Crippen LogP contribution in [-0.4, -0.2) is 36.5 Å². The van der Waals surface area contributed by atoms with Crippen LogP contribution in [0.3, 0.4) is 0 Å². The van der Waals surface area contributed by atoms with Crippen molar-refractivity contribution in [3.8, 4) is 0 Å². The Morgan fingerprint density at radius 1 is 1.67 bits per heavy atom. The summed E-state index contributed by atoms with van der Waals surface area (Å²) >= 11 is 0. The molecule has 0 saturated heterocycles. The van der Waals surface area contributed by atoms with Crippen molar-refractivity contribution < 1.29 is 0 Å². The molecule has 1 atom stereocenters. The highest BCUT2D eigenvalue weighted by atomic mass is 15.3. The molecular formula is C8H18N4. The number of hydrogen-bond acceptors (Lipinski definition) is 4. The van der Waals surface area contributed by atoms with Gasteiger partial charge in [-0.05, 0) is 26.3 Å². The molecule has 4 N–H and O–H groups in total. The Hall–Kier alpha value is -0.770. The van der Waals surface area contributed by atoms with Gasteiger partial charge in [0.15, 0.2) is 5.96 Å². The van der Waals surface area contributed by atoms with Gasteiger partial charge in [0.2, 0.25) is 0 Å². The highest BCUT2D eigenvalue weighted by molar-refractivity contribution is 5.80. The van der Waals surface area contributed by atoms with Crippen LogP contribution in [0.5, 0.6) is 0 Å². The second kappa shape index (κ2) is 3.31. The van der Waals surface area contributed by atoms with Crippen LogP contribution in [0.1, 0.15) is 19.8 Å². The highest BCUT2D eigenvalue weighted by Crippen LogP contribution is 2.24. The van der Waals surface area contributed by atoms with Gasteiger partial charge < -0.3 is 16.4 Å². The zero-order chi connectivity index (χ0) is 9.19. The third-order valence-electron chi connectivity index (χ3n) is 2.65. The average molecular weight is 170 g/mol. The van der Waals surface area contributed by atoms with Gasteiger partial charge in [0.1, 0.15) is 0 Å². The normalized spacial score (nSPS) is 29.2. The summed E-state index contributed by atoms with van der Waals surface area (Å²) in [5.74, 6) is 0.648. The maximum Gasteiger partial charge on any atom is 0.191 e. The topological polar surface area (TPSA) is 67.6 Å². The van der Waals surface area contributed by atoms with Gasteiger partial charge >= 0.3 is 0 Å². The van der Waals surface area contributed by atoms with Gasteiger partial charge in [-0.3, -0.25) is 4.99 Å². The molecule has 1 heterocycles. The fraction of sp³-hybridized carbons (Fsp3) is 0.875. The lowest BCUT2D eigenvalue weighted by Crippen LogP contribution is -2.47. The van der Waals surface area contributed by atoms with Gasteiger partial charge in [-0.15, -0.1) is 0 Å². The number of hydrogen-bond donors (Lipinski definition) is 2. The zero-order valence-corrected chi connectivity index (χ0v) is 7.88. The SMILES string of the molecule is CN1C(N)=NCC1(C)CCCN. The van der Waals surface area contributed by atoms with Gasteiger partial charge in [0.05, 0.1) is 12.1 Å². The van der Waals surface area contributed by atoms with E-state index in [0.717, 1.165) is 25.9 Å². The molecule has 1 rings (SSSR count). The Morgan fingerprint density at radius 2 is 2.33 bits per heavy atom. The first-order chi connectivity index (χ1) is 5.60. The third kappa shape index (κ3) is 1.53. The maximum absolute atomic E-state index is 5.67. The predicted molar refractivity (Wildman–Crippen MR) is 50.9 cm³/mol. The van der Waals surface area contributed by atoms with Gasteiger partial charge in [-0.25, -0.2) is 0 Å². The van der Waals surface area contributed by atoms with Crippen molar-refractivity contribution in [2.24, 2.45) is 16.5 Å². The monoisotopic (exact) mass is 170 g/mol. The van der Waals surface area contributed by atoms with E-state index >= 15 is 0 Å². The number of nitrogens with two attached hydrogens (primary N) is 2. The van der Waals surface area contributed by atoms with E-state index in [1.54, 1.807) is 0 Å². The number of guanidine groups is 1. The number of aliphatic imine (C=N–C) groups is 1. The molecule has 0 aromatic heterocycles. The largest absolute Gasteiger partial charge is 0.370 e. The zero-order valence-electron chi connectivity index (χ0n) is 7.88. The summed E-state index contributed by atoms with van der Waals surface area (Å²) in [6, 6.07) is 0. The molecule has 0 spiro atoms. The van der Waals surface area contributed by atoms with Crippen molar-refractivity contribution in [1.82, 2.24) is 4.90 Å². The van der Waals surface area contributed by atoms with Crippen molar-refractivity contribution in [1.29, 1.82) is 0 Å². The molecule has 4 heteroatoms. The molecule has 0 fully saturated rings. The first-order valence-electron chi connectivity index (χ1n) is 4.34. The lowest BCUT2D eigenvalue weighted by atomic mass is 9.95. The van der Waals surface area contributed by atoms with E-state index in [9.17, 15) is 0 Å². The van der Waals surface area contributed by atoms with Crippen molar-refractivity contribution in [2.75, 3.05) is 20.1 Å². The number of rotatable bonds is 3. The van der Waals surface area contributed by atoms with Crippen LogP contribution in [-0.2, 0) is 0 Å². The third-order valence-corrected chi connectivity index (χ3v) is 2.65. The second-order valence-electron chi connectivity index (χ2n) is 3.62. The minimum atomic E-state index is 0.101. The van der Waals surface area contributed by atoms with Gasteiger partial charge in [-0.1, -0.05) is 0 Å². The molecule has 0 amide bonds. The Labute approximate surface area is 73.6 Å². The summed E-state index contributed by atoms with van der Waals surface area (Å²) < 4.78 is 0. The van der Waals surface area contributed by atoms with E-state index in [-0.39, 0.29) is 5.54 Å². The van der Waals surface area contributed by atoms with Crippen molar-refractivity contribution in [2.45, 2.75) is 25.3 Å². The molecule has 4 nitrogen and oxygen atoms in total. The summed E-state index contributed by atoms with van der Waals surface area (Å²) in [5, 5.41) is 0. The molecule has 1 aliphatic rings. The van der Waals surface area contributed by atoms with E-state index in [2.05, 4.69) is 11.9 Å². The van der Waals surface area contributed by atoms with E-state index < -0.39 is 0 Å². The number of nitrogens with zero attached hydrogens (tertiary/aromatic N) is 2. The van der Waals surface area contributed by atoms with Crippen molar-refractivity contribution >= 4 is 5.96 Å². The van der Waals surface area contributed by atoms with Crippen LogP contribution in [0.25, 0.3) is 0 Å². The quantitative estimate of drug-likeness (QED) is 0.613. The smallest absolute Gasteiger partial charge is 0.191 e. The fourth-order valence-electron chi connectivity index (χ4n) is 1.47. The Morgan fingerprint density at radius 3 is 2.75 bits per heavy atom. The summed E-state index contributed by atoms with van der Waals surface area (Å²) in [6.45, 7) is 3.71. The van der Waals surface area contributed by atoms with Crippen LogP contribution < -0.4 is 11.5 Å². The van der Waals surface area contributed by atoms with Crippen LogP contribution in [0.2, 0.25) is 0 Å². The molecule has 0 radical (unpaired) electrons. The lowest BCUT2D eigenvalue weighted by Gasteiger charge is -2.32. The van der Waals surface area contributed by atoms with Gasteiger partial charge in [-0.2, -0.15) is 0 Å². The Kier molecular flexibility index (Phi) is 2.57. The summed E-state index contributed by atoms with van der Waals surface area (Å²) in [6.07, 6.45) is 2.09. The molecule has 0 aromatic rings. The molecule has 0 aromatic carbocycles. The van der Waals surface area contributed by atoms with E-state index in [0.29, 0.717) is 5.96 Å². The molecule has 0 saturated carbocycles. The Balaban J connectivity index is 2.52. The minimum Gasteiger partial charge on any atom is -0.370 e. The molecule has 1 unspecified atom stereocenters. The molecule has 1 aliphatic heterocycles. The maximum atomic E-state index is 5.67. The van der Waals surface area contributed by atoms with Crippen LogP contribution in [0, 0.1) is 0 Å². The first kappa shape index (κ1) is 9.32.